The summed E-state index contributed by atoms with van der Waals surface area (Å²) in [4.78, 5) is 26.2. The van der Waals surface area contributed by atoms with Crippen molar-refractivity contribution in [3.63, 3.8) is 0 Å². The highest BCUT2D eigenvalue weighted by Gasteiger charge is 2.16. The molecule has 0 unspecified atom stereocenters. The molecule has 0 saturated heterocycles. The van der Waals surface area contributed by atoms with Crippen LogP contribution in [0.25, 0.3) is 0 Å². The Morgan fingerprint density at radius 1 is 1.37 bits per heavy atom. The van der Waals surface area contributed by atoms with E-state index in [2.05, 4.69) is 10.3 Å². The molecule has 1 amide bonds. The number of nitro benzene ring substituents is 1. The van der Waals surface area contributed by atoms with Crippen LogP contribution in [-0.4, -0.2) is 15.8 Å². The Labute approximate surface area is 113 Å². The molecule has 1 N–H and O–H groups in total. The standard InChI is InChI=1S/C12H11N3O3S/c1-7-3-8(2)11(15(17)18)4-9(7)14-12(16)10-5-19-6-13-10/h3-6H,1-2H3,(H,14,16). The van der Waals surface area contributed by atoms with Crippen molar-refractivity contribution < 1.29 is 9.72 Å². The molecule has 0 atom stereocenters. The van der Waals surface area contributed by atoms with Crippen LogP contribution >= 0.6 is 11.3 Å². The third-order valence-electron chi connectivity index (χ3n) is 2.65. The van der Waals surface area contributed by atoms with Gasteiger partial charge in [-0.25, -0.2) is 4.98 Å². The Kier molecular flexibility index (Phi) is 3.57. The van der Waals surface area contributed by atoms with Crippen molar-refractivity contribution in [2.45, 2.75) is 13.8 Å². The molecule has 6 nitrogen and oxygen atoms in total. The third-order valence-corrected chi connectivity index (χ3v) is 3.24. The lowest BCUT2D eigenvalue weighted by atomic mass is 10.1. The highest BCUT2D eigenvalue weighted by molar-refractivity contribution is 7.07. The van der Waals surface area contributed by atoms with E-state index >= 15 is 0 Å². The van der Waals surface area contributed by atoms with Gasteiger partial charge in [-0.05, 0) is 25.5 Å². The fourth-order valence-electron chi connectivity index (χ4n) is 1.68. The highest BCUT2D eigenvalue weighted by atomic mass is 32.1. The van der Waals surface area contributed by atoms with Gasteiger partial charge < -0.3 is 5.32 Å². The molecule has 2 aromatic rings. The molecular formula is C12H11N3O3S. The molecule has 0 fully saturated rings. The number of amides is 1. The van der Waals surface area contributed by atoms with Crippen LogP contribution in [0.5, 0.6) is 0 Å². The van der Waals surface area contributed by atoms with E-state index in [-0.39, 0.29) is 11.6 Å². The lowest BCUT2D eigenvalue weighted by molar-refractivity contribution is -0.385. The van der Waals surface area contributed by atoms with E-state index in [0.29, 0.717) is 16.9 Å². The van der Waals surface area contributed by atoms with E-state index in [1.165, 1.54) is 17.4 Å². The first kappa shape index (κ1) is 13.2. The SMILES string of the molecule is Cc1cc(C)c([N+](=O)[O-])cc1NC(=O)c1cscn1. The van der Waals surface area contributed by atoms with Gasteiger partial charge in [-0.3, -0.25) is 14.9 Å². The summed E-state index contributed by atoms with van der Waals surface area (Å²) in [6, 6.07) is 3.05. The van der Waals surface area contributed by atoms with Gasteiger partial charge in [-0.15, -0.1) is 11.3 Å². The first-order chi connectivity index (χ1) is 8.99. The molecule has 0 bridgehead atoms. The van der Waals surface area contributed by atoms with Gasteiger partial charge in [0.25, 0.3) is 11.6 Å². The average Bonchev–Trinajstić information content (AvgIpc) is 2.85. The maximum Gasteiger partial charge on any atom is 0.275 e. The molecule has 0 aliphatic heterocycles. The summed E-state index contributed by atoms with van der Waals surface area (Å²) >= 11 is 1.31. The number of carbonyl (C=O) groups excluding carboxylic acids is 1. The number of rotatable bonds is 3. The zero-order valence-electron chi connectivity index (χ0n) is 10.3. The van der Waals surface area contributed by atoms with E-state index in [4.69, 9.17) is 0 Å². The van der Waals surface area contributed by atoms with E-state index in [9.17, 15) is 14.9 Å². The Bertz CT molecular complexity index is 638. The summed E-state index contributed by atoms with van der Waals surface area (Å²) in [7, 11) is 0. The lowest BCUT2D eigenvalue weighted by Gasteiger charge is -2.08. The van der Waals surface area contributed by atoms with Crippen LogP contribution in [0.3, 0.4) is 0 Å². The average molecular weight is 277 g/mol. The van der Waals surface area contributed by atoms with Crippen LogP contribution in [-0.2, 0) is 0 Å². The molecule has 1 aromatic carbocycles. The van der Waals surface area contributed by atoms with Gasteiger partial charge in [0.2, 0.25) is 0 Å². The van der Waals surface area contributed by atoms with Crippen LogP contribution in [0, 0.1) is 24.0 Å². The lowest BCUT2D eigenvalue weighted by Crippen LogP contribution is -2.13. The summed E-state index contributed by atoms with van der Waals surface area (Å²) in [5.74, 6) is -0.373. The molecule has 0 spiro atoms. The van der Waals surface area contributed by atoms with Gasteiger partial charge in [0.1, 0.15) is 5.69 Å². The molecule has 0 aliphatic carbocycles. The van der Waals surface area contributed by atoms with Crippen LogP contribution in [0.1, 0.15) is 21.6 Å². The number of hydrogen-bond acceptors (Lipinski definition) is 5. The van der Waals surface area contributed by atoms with Crippen molar-refractivity contribution in [2.75, 3.05) is 5.32 Å². The number of nitrogens with one attached hydrogen (secondary N) is 1. The Morgan fingerprint density at radius 2 is 2.11 bits per heavy atom. The maximum absolute atomic E-state index is 11.9. The van der Waals surface area contributed by atoms with Crippen LogP contribution < -0.4 is 5.32 Å². The second-order valence-electron chi connectivity index (χ2n) is 4.04. The minimum Gasteiger partial charge on any atom is -0.320 e. The second-order valence-corrected chi connectivity index (χ2v) is 4.76. The van der Waals surface area contributed by atoms with E-state index in [1.54, 1.807) is 30.8 Å². The summed E-state index contributed by atoms with van der Waals surface area (Å²) in [5.41, 5.74) is 3.60. The predicted molar refractivity (Wildman–Crippen MR) is 72.6 cm³/mol. The number of anilines is 1. The maximum atomic E-state index is 11.9. The molecule has 1 aromatic heterocycles. The molecule has 1 heterocycles. The van der Waals surface area contributed by atoms with Crippen LogP contribution in [0.15, 0.2) is 23.0 Å². The van der Waals surface area contributed by atoms with Crippen molar-refractivity contribution in [1.29, 1.82) is 0 Å². The molecular weight excluding hydrogens is 266 g/mol. The Hall–Kier alpha value is -2.28. The summed E-state index contributed by atoms with van der Waals surface area (Å²) in [6.45, 7) is 3.45. The fraction of sp³-hybridized carbons (Fsp3) is 0.167. The normalized spacial score (nSPS) is 10.2. The van der Waals surface area contributed by atoms with E-state index in [1.807, 2.05) is 0 Å². The largest absolute Gasteiger partial charge is 0.320 e. The summed E-state index contributed by atoms with van der Waals surface area (Å²) in [5, 5.41) is 15.1. The van der Waals surface area contributed by atoms with Gasteiger partial charge >= 0.3 is 0 Å². The van der Waals surface area contributed by atoms with Crippen LogP contribution in [0.2, 0.25) is 0 Å². The fourth-order valence-corrected chi connectivity index (χ4v) is 2.22. The molecule has 2 rings (SSSR count). The van der Waals surface area contributed by atoms with E-state index in [0.717, 1.165) is 5.56 Å². The summed E-state index contributed by atoms with van der Waals surface area (Å²) in [6.07, 6.45) is 0. The predicted octanol–water partition coefficient (Wildman–Crippen LogP) is 2.92. The smallest absolute Gasteiger partial charge is 0.275 e. The minimum atomic E-state index is -0.465. The van der Waals surface area contributed by atoms with Gasteiger partial charge in [-0.1, -0.05) is 0 Å². The van der Waals surface area contributed by atoms with Gasteiger partial charge in [0.15, 0.2) is 0 Å². The van der Waals surface area contributed by atoms with Crippen molar-refractivity contribution in [3.8, 4) is 0 Å². The number of nitrogens with zero attached hydrogens (tertiary/aromatic N) is 2. The van der Waals surface area contributed by atoms with Crippen molar-refractivity contribution >= 4 is 28.6 Å². The number of thiazole rings is 1. The zero-order chi connectivity index (χ0) is 14.0. The van der Waals surface area contributed by atoms with Gasteiger partial charge in [0.05, 0.1) is 16.1 Å². The third kappa shape index (κ3) is 2.76. The number of hydrogen-bond donors (Lipinski definition) is 1. The minimum absolute atomic E-state index is 0.0147. The van der Waals surface area contributed by atoms with Crippen molar-refractivity contribution in [3.05, 3.63) is 50.0 Å². The number of aryl methyl sites for hydroxylation is 2. The zero-order valence-corrected chi connectivity index (χ0v) is 11.2. The second kappa shape index (κ2) is 5.15. The van der Waals surface area contributed by atoms with Crippen molar-refractivity contribution in [1.82, 2.24) is 4.98 Å². The number of nitro groups is 1. The molecule has 0 saturated carbocycles. The molecule has 0 radical (unpaired) electrons. The van der Waals surface area contributed by atoms with Crippen LogP contribution in [0.4, 0.5) is 11.4 Å². The number of aromatic nitrogens is 1. The Balaban J connectivity index is 2.32. The van der Waals surface area contributed by atoms with Gasteiger partial charge in [-0.2, -0.15) is 0 Å². The highest BCUT2D eigenvalue weighted by Crippen LogP contribution is 2.26. The molecule has 19 heavy (non-hydrogen) atoms. The Morgan fingerprint density at radius 3 is 2.68 bits per heavy atom. The quantitative estimate of drug-likeness (QED) is 0.690. The first-order valence-electron chi connectivity index (χ1n) is 5.44. The number of benzene rings is 1. The topological polar surface area (TPSA) is 85.1 Å². The monoisotopic (exact) mass is 277 g/mol. The molecule has 98 valence electrons. The van der Waals surface area contributed by atoms with Gasteiger partial charge in [0, 0.05) is 17.0 Å². The van der Waals surface area contributed by atoms with E-state index < -0.39 is 4.92 Å². The molecule has 0 aliphatic rings. The van der Waals surface area contributed by atoms with Crippen molar-refractivity contribution in [2.24, 2.45) is 0 Å². The summed E-state index contributed by atoms with van der Waals surface area (Å²) < 4.78 is 0. The number of carbonyl (C=O) groups is 1. The molecule has 7 heteroatoms. The first-order valence-corrected chi connectivity index (χ1v) is 6.38.